The minimum absolute atomic E-state index is 0.0627. The van der Waals surface area contributed by atoms with Crippen molar-refractivity contribution in [1.82, 2.24) is 24.8 Å². The number of imidazole rings is 1. The first-order valence-corrected chi connectivity index (χ1v) is 9.51. The lowest BCUT2D eigenvalue weighted by molar-refractivity contribution is 0.199. The maximum Gasteiger partial charge on any atom is 0.222 e. The molecule has 0 spiro atoms. The molecule has 0 radical (unpaired) electrons. The van der Waals surface area contributed by atoms with Gasteiger partial charge in [0.2, 0.25) is 5.95 Å². The number of H-pyrrole nitrogens is 1. The molecule has 1 aliphatic rings. The van der Waals surface area contributed by atoms with Crippen LogP contribution in [0.4, 0.5) is 5.95 Å². The third-order valence-electron chi connectivity index (χ3n) is 5.06. The number of rotatable bonds is 5. The minimum Gasteiger partial charge on any atom is -0.352 e. The number of aromatic nitrogens is 4. The maximum atomic E-state index is 4.63. The average molecular weight is 362 g/mol. The van der Waals surface area contributed by atoms with Crippen molar-refractivity contribution in [3.05, 3.63) is 71.1 Å². The summed E-state index contributed by atoms with van der Waals surface area (Å²) in [5, 5.41) is 3.25. The molecule has 0 amide bonds. The largest absolute Gasteiger partial charge is 0.352 e. The van der Waals surface area contributed by atoms with Crippen molar-refractivity contribution in [2.45, 2.75) is 45.8 Å². The van der Waals surface area contributed by atoms with Crippen LogP contribution in [-0.4, -0.2) is 37.4 Å². The molecule has 2 N–H and O–H groups in total. The zero-order chi connectivity index (χ0) is 18.8. The molecule has 4 rings (SSSR count). The Kier molecular flexibility index (Phi) is 4.90. The highest BCUT2D eigenvalue weighted by atomic mass is 15.2. The Bertz CT molecular complexity index is 899. The monoisotopic (exact) mass is 362 g/mol. The van der Waals surface area contributed by atoms with Crippen molar-refractivity contribution in [3.8, 4) is 0 Å². The van der Waals surface area contributed by atoms with Gasteiger partial charge in [0.25, 0.3) is 0 Å². The zero-order valence-corrected chi connectivity index (χ0v) is 16.1. The molecule has 1 unspecified atom stereocenters. The van der Waals surface area contributed by atoms with Crippen molar-refractivity contribution in [1.29, 1.82) is 0 Å². The van der Waals surface area contributed by atoms with Crippen molar-refractivity contribution in [2.24, 2.45) is 0 Å². The first-order chi connectivity index (χ1) is 13.1. The molecule has 27 heavy (non-hydrogen) atoms. The predicted molar refractivity (Wildman–Crippen MR) is 107 cm³/mol. The fourth-order valence-electron chi connectivity index (χ4n) is 3.68. The Hall–Kier alpha value is -2.73. The van der Waals surface area contributed by atoms with Gasteiger partial charge in [0.1, 0.15) is 0 Å². The fraction of sp³-hybridized carbons (Fsp3) is 0.381. The second-order valence-electron chi connectivity index (χ2n) is 7.45. The molecule has 0 saturated carbocycles. The van der Waals surface area contributed by atoms with Crippen LogP contribution >= 0.6 is 0 Å². The van der Waals surface area contributed by atoms with Crippen molar-refractivity contribution in [2.75, 3.05) is 11.9 Å². The Labute approximate surface area is 160 Å². The molecule has 1 aromatic carbocycles. The lowest BCUT2D eigenvalue weighted by atomic mass is 9.96. The predicted octanol–water partition coefficient (Wildman–Crippen LogP) is 3.48. The van der Waals surface area contributed by atoms with Crippen LogP contribution in [0.1, 0.15) is 48.0 Å². The third kappa shape index (κ3) is 3.71. The number of benzene rings is 1. The number of nitrogens with zero attached hydrogens (tertiary/aromatic N) is 4. The van der Waals surface area contributed by atoms with Gasteiger partial charge >= 0.3 is 0 Å². The van der Waals surface area contributed by atoms with E-state index in [0.29, 0.717) is 12.0 Å². The van der Waals surface area contributed by atoms with Crippen molar-refractivity contribution in [3.63, 3.8) is 0 Å². The highest BCUT2D eigenvalue weighted by molar-refractivity contribution is 5.34. The van der Waals surface area contributed by atoms with Gasteiger partial charge in [-0.1, -0.05) is 24.3 Å². The molecule has 0 aliphatic carbocycles. The van der Waals surface area contributed by atoms with E-state index in [-0.39, 0.29) is 6.04 Å². The van der Waals surface area contributed by atoms with Crippen LogP contribution in [0.2, 0.25) is 0 Å². The molecule has 3 heterocycles. The Morgan fingerprint density at radius 2 is 1.96 bits per heavy atom. The molecule has 0 bridgehead atoms. The van der Waals surface area contributed by atoms with Crippen LogP contribution < -0.4 is 5.32 Å². The summed E-state index contributed by atoms with van der Waals surface area (Å²) in [5.41, 5.74) is 6.04. The topological polar surface area (TPSA) is 69.7 Å². The van der Waals surface area contributed by atoms with Gasteiger partial charge in [-0.2, -0.15) is 0 Å². The number of fused-ring (bicyclic) bond motifs is 1. The smallest absolute Gasteiger partial charge is 0.222 e. The van der Waals surface area contributed by atoms with E-state index in [1.54, 1.807) is 6.33 Å². The highest BCUT2D eigenvalue weighted by Gasteiger charge is 2.31. The standard InChI is InChI=1S/C21H26N6/c1-14(2)26-21-22-10-17(11-23-21)20-19-18(24-13-25-19)8-9-27(20)12-16-7-5-4-6-15(16)3/h4-7,10-11,13-14,20H,8-9,12H2,1-3H3,(H,24,25)(H,22,23,26). The second kappa shape index (κ2) is 7.48. The van der Waals surface area contributed by atoms with Gasteiger partial charge in [-0.15, -0.1) is 0 Å². The zero-order valence-electron chi connectivity index (χ0n) is 16.1. The van der Waals surface area contributed by atoms with Crippen molar-refractivity contribution >= 4 is 5.95 Å². The Morgan fingerprint density at radius 3 is 2.70 bits per heavy atom. The molecule has 2 aromatic heterocycles. The van der Waals surface area contributed by atoms with Crippen LogP contribution in [0.25, 0.3) is 0 Å². The lowest BCUT2D eigenvalue weighted by Crippen LogP contribution is -2.36. The summed E-state index contributed by atoms with van der Waals surface area (Å²) in [6.07, 6.45) is 6.63. The van der Waals surface area contributed by atoms with Gasteiger partial charge in [-0.25, -0.2) is 15.0 Å². The van der Waals surface area contributed by atoms with Gasteiger partial charge in [0, 0.05) is 49.2 Å². The van der Waals surface area contributed by atoms with Crippen LogP contribution in [-0.2, 0) is 13.0 Å². The number of hydrogen-bond donors (Lipinski definition) is 2. The summed E-state index contributed by atoms with van der Waals surface area (Å²) in [6.45, 7) is 8.19. The third-order valence-corrected chi connectivity index (χ3v) is 5.06. The van der Waals surface area contributed by atoms with E-state index in [1.807, 2.05) is 12.4 Å². The molecular weight excluding hydrogens is 336 g/mol. The Morgan fingerprint density at radius 1 is 1.19 bits per heavy atom. The van der Waals surface area contributed by atoms with Crippen molar-refractivity contribution < 1.29 is 0 Å². The van der Waals surface area contributed by atoms with Gasteiger partial charge in [-0.05, 0) is 31.9 Å². The maximum absolute atomic E-state index is 4.63. The van der Waals surface area contributed by atoms with Crippen LogP contribution in [0.15, 0.2) is 43.0 Å². The van der Waals surface area contributed by atoms with E-state index in [4.69, 9.17) is 0 Å². The summed E-state index contributed by atoms with van der Waals surface area (Å²) in [7, 11) is 0. The van der Waals surface area contributed by atoms with E-state index >= 15 is 0 Å². The molecule has 6 heteroatoms. The van der Waals surface area contributed by atoms with E-state index in [0.717, 1.165) is 30.8 Å². The number of aromatic amines is 1. The van der Waals surface area contributed by atoms with Gasteiger partial charge in [0.15, 0.2) is 0 Å². The number of nitrogens with one attached hydrogen (secondary N) is 2. The molecular formula is C21H26N6. The van der Waals surface area contributed by atoms with Gasteiger partial charge < -0.3 is 10.3 Å². The summed E-state index contributed by atoms with van der Waals surface area (Å²) in [6, 6.07) is 8.94. The summed E-state index contributed by atoms with van der Waals surface area (Å²) < 4.78 is 0. The van der Waals surface area contributed by atoms with Crippen LogP contribution in [0.5, 0.6) is 0 Å². The summed E-state index contributed by atoms with van der Waals surface area (Å²) in [4.78, 5) is 19.4. The van der Waals surface area contributed by atoms with Crippen LogP contribution in [0, 0.1) is 6.92 Å². The normalized spacial score (nSPS) is 17.1. The molecule has 0 saturated heterocycles. The lowest BCUT2D eigenvalue weighted by Gasteiger charge is -2.35. The first kappa shape index (κ1) is 17.7. The second-order valence-corrected chi connectivity index (χ2v) is 7.45. The van der Waals surface area contributed by atoms with Gasteiger partial charge in [0.05, 0.1) is 18.1 Å². The minimum atomic E-state index is 0.0627. The van der Waals surface area contributed by atoms with E-state index < -0.39 is 0 Å². The molecule has 140 valence electrons. The van der Waals surface area contributed by atoms with Crippen LogP contribution in [0.3, 0.4) is 0 Å². The molecule has 6 nitrogen and oxygen atoms in total. The summed E-state index contributed by atoms with van der Waals surface area (Å²) >= 11 is 0. The number of anilines is 1. The number of aryl methyl sites for hydroxylation is 1. The first-order valence-electron chi connectivity index (χ1n) is 9.51. The number of hydrogen-bond acceptors (Lipinski definition) is 5. The average Bonchev–Trinajstić information content (AvgIpc) is 3.12. The molecule has 0 fully saturated rings. The van der Waals surface area contributed by atoms with E-state index in [2.05, 4.69) is 75.2 Å². The van der Waals surface area contributed by atoms with Gasteiger partial charge in [-0.3, -0.25) is 4.90 Å². The fourth-order valence-corrected chi connectivity index (χ4v) is 3.68. The molecule has 1 aliphatic heterocycles. The molecule has 1 atom stereocenters. The Balaban J connectivity index is 1.66. The summed E-state index contributed by atoms with van der Waals surface area (Å²) in [5.74, 6) is 0.664. The molecule has 3 aromatic rings. The SMILES string of the molecule is Cc1ccccc1CN1CCc2[nH]cnc2C1c1cnc(NC(C)C)nc1. The highest BCUT2D eigenvalue weighted by Crippen LogP contribution is 2.34. The quantitative estimate of drug-likeness (QED) is 0.727. The van der Waals surface area contributed by atoms with E-state index in [9.17, 15) is 0 Å². The van der Waals surface area contributed by atoms with E-state index in [1.165, 1.54) is 16.8 Å².